The van der Waals surface area contributed by atoms with E-state index in [9.17, 15) is 10.1 Å². The minimum absolute atomic E-state index is 0.00327. The fraction of sp³-hybridized carbons (Fsp3) is 0.259. The van der Waals surface area contributed by atoms with E-state index in [0.717, 1.165) is 36.3 Å². The van der Waals surface area contributed by atoms with Crippen molar-refractivity contribution in [2.24, 2.45) is 5.92 Å². The Kier molecular flexibility index (Phi) is 5.63. The highest BCUT2D eigenvalue weighted by molar-refractivity contribution is 5.67. The van der Waals surface area contributed by atoms with E-state index in [-0.39, 0.29) is 22.6 Å². The number of aryl methyl sites for hydroxylation is 1. The molecule has 1 N–H and O–H groups in total. The number of fused-ring (bicyclic) bond motifs is 3. The second kappa shape index (κ2) is 8.87. The molecule has 0 spiro atoms. The van der Waals surface area contributed by atoms with Crippen LogP contribution in [0.4, 0.5) is 11.4 Å². The molecule has 162 valence electrons. The van der Waals surface area contributed by atoms with E-state index in [1.54, 1.807) is 18.2 Å². The number of anilines is 1. The fourth-order valence-corrected chi connectivity index (χ4v) is 4.98. The van der Waals surface area contributed by atoms with Crippen LogP contribution in [0.15, 0.2) is 84.9 Å². The second-order valence-corrected chi connectivity index (χ2v) is 8.49. The number of rotatable bonds is 7. The molecule has 0 amide bonds. The zero-order valence-electron chi connectivity index (χ0n) is 17.8. The molecule has 3 aromatic carbocycles. The van der Waals surface area contributed by atoms with Gasteiger partial charge in [0.1, 0.15) is 5.75 Å². The van der Waals surface area contributed by atoms with Crippen LogP contribution >= 0.6 is 0 Å². The SMILES string of the molecule is O=[N+]([O-])c1cccc(C2Nc3c(OCCCc4ccccc4)cccc3C3C=CCC32)c1. The molecule has 3 atom stereocenters. The summed E-state index contributed by atoms with van der Waals surface area (Å²) < 4.78 is 6.23. The van der Waals surface area contributed by atoms with Crippen LogP contribution in [-0.4, -0.2) is 11.5 Å². The predicted octanol–water partition coefficient (Wildman–Crippen LogP) is 6.43. The largest absolute Gasteiger partial charge is 0.491 e. The summed E-state index contributed by atoms with van der Waals surface area (Å²) in [7, 11) is 0. The molecule has 0 radical (unpaired) electrons. The summed E-state index contributed by atoms with van der Waals surface area (Å²) in [5, 5.41) is 15.0. The number of ether oxygens (including phenoxy) is 1. The van der Waals surface area contributed by atoms with Crippen LogP contribution in [0.25, 0.3) is 0 Å². The van der Waals surface area contributed by atoms with Gasteiger partial charge in [-0.15, -0.1) is 0 Å². The molecule has 0 bridgehead atoms. The summed E-state index contributed by atoms with van der Waals surface area (Å²) in [4.78, 5) is 11.0. The summed E-state index contributed by atoms with van der Waals surface area (Å²) in [5.41, 5.74) is 4.64. The van der Waals surface area contributed by atoms with Gasteiger partial charge >= 0.3 is 0 Å². The third-order valence-corrected chi connectivity index (χ3v) is 6.51. The molecule has 2 aliphatic rings. The van der Waals surface area contributed by atoms with Gasteiger partial charge in [0.2, 0.25) is 0 Å². The second-order valence-electron chi connectivity index (χ2n) is 8.49. The van der Waals surface area contributed by atoms with Crippen molar-refractivity contribution in [3.05, 3.63) is 112 Å². The standard InChI is InChI=1S/C27H26N2O3/c30-29(31)21-12-4-11-20(18-21)26-23-14-5-13-22(23)24-15-6-16-25(27(24)28-26)32-17-7-10-19-8-2-1-3-9-19/h1-6,8-9,11-13,15-16,18,22-23,26,28H,7,10,14,17H2. The third-order valence-electron chi connectivity index (χ3n) is 6.51. The Hall–Kier alpha value is -3.60. The fourth-order valence-electron chi connectivity index (χ4n) is 4.98. The van der Waals surface area contributed by atoms with Crippen molar-refractivity contribution in [2.75, 3.05) is 11.9 Å². The van der Waals surface area contributed by atoms with Crippen molar-refractivity contribution in [2.45, 2.75) is 31.2 Å². The van der Waals surface area contributed by atoms with E-state index in [1.807, 2.05) is 18.2 Å². The number of nitro groups is 1. The van der Waals surface area contributed by atoms with Crippen LogP contribution in [0.5, 0.6) is 5.75 Å². The third kappa shape index (κ3) is 3.98. The van der Waals surface area contributed by atoms with Crippen LogP contribution in [0, 0.1) is 16.0 Å². The lowest BCUT2D eigenvalue weighted by molar-refractivity contribution is -0.384. The summed E-state index contributed by atoms with van der Waals surface area (Å²) in [6.45, 7) is 0.637. The molecule has 3 unspecified atom stereocenters. The van der Waals surface area contributed by atoms with Gasteiger partial charge in [-0.2, -0.15) is 0 Å². The van der Waals surface area contributed by atoms with Crippen molar-refractivity contribution >= 4 is 11.4 Å². The van der Waals surface area contributed by atoms with Crippen LogP contribution < -0.4 is 10.1 Å². The van der Waals surface area contributed by atoms with Crippen LogP contribution in [-0.2, 0) is 6.42 Å². The molecule has 0 saturated heterocycles. The van der Waals surface area contributed by atoms with Gasteiger partial charge < -0.3 is 10.1 Å². The number of benzene rings is 3. The average Bonchev–Trinajstić information content (AvgIpc) is 3.32. The first-order valence-corrected chi connectivity index (χ1v) is 11.2. The van der Waals surface area contributed by atoms with E-state index in [2.05, 4.69) is 53.9 Å². The molecule has 0 aromatic heterocycles. The normalized spacial score (nSPS) is 20.8. The van der Waals surface area contributed by atoms with Crippen molar-refractivity contribution < 1.29 is 9.66 Å². The molecule has 3 aromatic rings. The Bertz CT molecular complexity index is 1140. The van der Waals surface area contributed by atoms with Gasteiger partial charge in [0.15, 0.2) is 0 Å². The lowest BCUT2D eigenvalue weighted by atomic mass is 9.77. The Balaban J connectivity index is 1.38. The Morgan fingerprint density at radius 1 is 1.03 bits per heavy atom. The first-order chi connectivity index (χ1) is 15.7. The molecule has 1 aliphatic carbocycles. The van der Waals surface area contributed by atoms with Gasteiger partial charge in [0.25, 0.3) is 5.69 Å². The number of para-hydroxylation sites is 1. The van der Waals surface area contributed by atoms with Gasteiger partial charge in [-0.1, -0.05) is 66.7 Å². The van der Waals surface area contributed by atoms with E-state index in [4.69, 9.17) is 4.74 Å². The maximum atomic E-state index is 11.3. The van der Waals surface area contributed by atoms with E-state index >= 15 is 0 Å². The molecule has 5 heteroatoms. The minimum atomic E-state index is -0.327. The Labute approximate surface area is 187 Å². The molecule has 5 nitrogen and oxygen atoms in total. The predicted molar refractivity (Wildman–Crippen MR) is 126 cm³/mol. The molecule has 1 heterocycles. The van der Waals surface area contributed by atoms with E-state index in [1.165, 1.54) is 11.1 Å². The lowest BCUT2D eigenvalue weighted by Crippen LogP contribution is -2.29. The smallest absolute Gasteiger partial charge is 0.269 e. The number of hydrogen-bond donors (Lipinski definition) is 1. The molecule has 1 aliphatic heterocycles. The number of non-ortho nitro benzene ring substituents is 1. The molecule has 5 rings (SSSR count). The van der Waals surface area contributed by atoms with Crippen molar-refractivity contribution in [3.63, 3.8) is 0 Å². The maximum Gasteiger partial charge on any atom is 0.269 e. The molecular weight excluding hydrogens is 400 g/mol. The number of nitrogens with zero attached hydrogens (tertiary/aromatic N) is 1. The van der Waals surface area contributed by atoms with Gasteiger partial charge in [-0.05, 0) is 47.9 Å². The van der Waals surface area contributed by atoms with Crippen LogP contribution in [0.1, 0.15) is 41.5 Å². The monoisotopic (exact) mass is 426 g/mol. The van der Waals surface area contributed by atoms with E-state index < -0.39 is 0 Å². The summed E-state index contributed by atoms with van der Waals surface area (Å²) >= 11 is 0. The number of nitro benzene ring substituents is 1. The molecule has 0 fully saturated rings. The van der Waals surface area contributed by atoms with Crippen molar-refractivity contribution in [1.82, 2.24) is 0 Å². The number of hydrogen-bond acceptors (Lipinski definition) is 4. The zero-order chi connectivity index (χ0) is 21.9. The first kappa shape index (κ1) is 20.3. The Morgan fingerprint density at radius 2 is 1.88 bits per heavy atom. The number of allylic oxidation sites excluding steroid dienone is 2. The molecular formula is C27H26N2O3. The first-order valence-electron chi connectivity index (χ1n) is 11.2. The van der Waals surface area contributed by atoms with Crippen LogP contribution in [0.3, 0.4) is 0 Å². The highest BCUT2D eigenvalue weighted by Crippen LogP contribution is 2.52. The van der Waals surface area contributed by atoms with Crippen molar-refractivity contribution in [1.29, 1.82) is 0 Å². The molecule has 0 saturated carbocycles. The molecule has 32 heavy (non-hydrogen) atoms. The Morgan fingerprint density at radius 3 is 2.72 bits per heavy atom. The average molecular weight is 427 g/mol. The van der Waals surface area contributed by atoms with Crippen molar-refractivity contribution in [3.8, 4) is 5.75 Å². The minimum Gasteiger partial charge on any atom is -0.491 e. The summed E-state index contributed by atoms with van der Waals surface area (Å²) in [6.07, 6.45) is 7.37. The maximum absolute atomic E-state index is 11.3. The van der Waals surface area contributed by atoms with Gasteiger partial charge in [0.05, 0.1) is 23.3 Å². The highest BCUT2D eigenvalue weighted by Gasteiger charge is 2.39. The van der Waals surface area contributed by atoms with Crippen LogP contribution in [0.2, 0.25) is 0 Å². The van der Waals surface area contributed by atoms with Gasteiger partial charge in [-0.25, -0.2) is 0 Å². The lowest BCUT2D eigenvalue weighted by Gasteiger charge is -2.38. The van der Waals surface area contributed by atoms with E-state index in [0.29, 0.717) is 12.5 Å². The highest BCUT2D eigenvalue weighted by atomic mass is 16.6. The zero-order valence-corrected chi connectivity index (χ0v) is 17.8. The quantitative estimate of drug-likeness (QED) is 0.205. The number of nitrogens with one attached hydrogen (secondary N) is 1. The van der Waals surface area contributed by atoms with Gasteiger partial charge in [-0.3, -0.25) is 10.1 Å². The summed E-state index contributed by atoms with van der Waals surface area (Å²) in [6, 6.07) is 23.7. The van der Waals surface area contributed by atoms with Gasteiger partial charge in [0, 0.05) is 18.1 Å². The topological polar surface area (TPSA) is 64.4 Å². The summed E-state index contributed by atoms with van der Waals surface area (Å²) in [5.74, 6) is 1.46.